The first-order chi connectivity index (χ1) is 11.1. The predicted molar refractivity (Wildman–Crippen MR) is 82.8 cm³/mol. The van der Waals surface area contributed by atoms with Crippen LogP contribution in [0.2, 0.25) is 0 Å². The molecular weight excluding hydrogens is 296 g/mol. The van der Waals surface area contributed by atoms with E-state index in [-0.39, 0.29) is 11.9 Å². The van der Waals surface area contributed by atoms with Gasteiger partial charge in [-0.05, 0) is 18.1 Å². The van der Waals surface area contributed by atoms with Crippen LogP contribution in [0.5, 0.6) is 0 Å². The van der Waals surface area contributed by atoms with Crippen molar-refractivity contribution < 1.29 is 9.59 Å². The van der Waals surface area contributed by atoms with E-state index in [1.54, 1.807) is 35.2 Å². The van der Waals surface area contributed by atoms with Gasteiger partial charge in [0.15, 0.2) is 0 Å². The fraction of sp³-hybridized carbons (Fsp3) is 0.333. The van der Waals surface area contributed by atoms with Crippen molar-refractivity contribution >= 4 is 11.9 Å². The van der Waals surface area contributed by atoms with Gasteiger partial charge >= 0.3 is 6.03 Å². The minimum atomic E-state index is -0.429. The zero-order valence-electron chi connectivity index (χ0n) is 12.8. The normalized spacial score (nSPS) is 17.3. The van der Waals surface area contributed by atoms with Crippen molar-refractivity contribution in [2.45, 2.75) is 19.0 Å². The Morgan fingerprint density at radius 1 is 1.43 bits per heavy atom. The lowest BCUT2D eigenvalue weighted by Crippen LogP contribution is -2.45. The minimum Gasteiger partial charge on any atom is -0.344 e. The molecule has 0 saturated carbocycles. The van der Waals surface area contributed by atoms with Gasteiger partial charge < -0.3 is 15.5 Å². The second-order valence-electron chi connectivity index (χ2n) is 5.42. The first-order valence-corrected chi connectivity index (χ1v) is 7.36. The van der Waals surface area contributed by atoms with Gasteiger partial charge in [-0.3, -0.25) is 9.36 Å². The van der Waals surface area contributed by atoms with Crippen LogP contribution >= 0.6 is 0 Å². The van der Waals surface area contributed by atoms with E-state index >= 15 is 0 Å². The van der Waals surface area contributed by atoms with E-state index in [9.17, 15) is 9.59 Å². The Bertz CT molecular complexity index is 683. The molecular formula is C15H18N6O2. The van der Waals surface area contributed by atoms with Crippen LogP contribution in [0.3, 0.4) is 0 Å². The number of urea groups is 1. The van der Waals surface area contributed by atoms with Gasteiger partial charge in [0.05, 0.1) is 0 Å². The van der Waals surface area contributed by atoms with Gasteiger partial charge in [-0.25, -0.2) is 14.8 Å². The molecule has 0 aromatic carbocycles. The number of hydrogen-bond acceptors (Lipinski definition) is 4. The molecule has 8 heteroatoms. The number of likely N-dealkylation sites (tertiary alicyclic amines) is 1. The third-order valence-electron chi connectivity index (χ3n) is 3.76. The summed E-state index contributed by atoms with van der Waals surface area (Å²) in [6.45, 7) is 1.02. The molecule has 23 heavy (non-hydrogen) atoms. The third kappa shape index (κ3) is 3.47. The maximum atomic E-state index is 11.9. The molecule has 8 nitrogen and oxygen atoms in total. The third-order valence-corrected chi connectivity index (χ3v) is 3.76. The summed E-state index contributed by atoms with van der Waals surface area (Å²) >= 11 is 0. The summed E-state index contributed by atoms with van der Waals surface area (Å²) in [5.41, 5.74) is 0.874. The summed E-state index contributed by atoms with van der Waals surface area (Å²) in [4.78, 5) is 33.5. The highest BCUT2D eigenvalue weighted by Crippen LogP contribution is 2.08. The summed E-state index contributed by atoms with van der Waals surface area (Å²) in [7, 11) is 1.73. The molecule has 0 spiro atoms. The maximum Gasteiger partial charge on any atom is 0.315 e. The first kappa shape index (κ1) is 15.0. The lowest BCUT2D eigenvalue weighted by Gasteiger charge is -2.13. The SMILES string of the molecule is CN1CCC(NC(=O)NCc2ccc(-n3ccnc3)nc2)C1=O. The van der Waals surface area contributed by atoms with E-state index in [1.165, 1.54) is 0 Å². The lowest BCUT2D eigenvalue weighted by molar-refractivity contribution is -0.128. The molecule has 1 atom stereocenters. The number of pyridine rings is 1. The van der Waals surface area contributed by atoms with Gasteiger partial charge in [-0.15, -0.1) is 0 Å². The average Bonchev–Trinajstić information content (AvgIpc) is 3.20. The van der Waals surface area contributed by atoms with Crippen LogP contribution in [-0.2, 0) is 11.3 Å². The molecule has 3 heterocycles. The molecule has 3 rings (SSSR count). The second-order valence-corrected chi connectivity index (χ2v) is 5.42. The number of likely N-dealkylation sites (N-methyl/N-ethyl adjacent to an activating group) is 1. The standard InChI is InChI=1S/C15H18N6O2/c1-20-6-4-12(14(20)22)19-15(23)18-9-11-2-3-13(17-8-11)21-7-5-16-10-21/h2-3,5,7-8,10,12H,4,6,9H2,1H3,(H2,18,19,23). The van der Waals surface area contributed by atoms with Gasteiger partial charge in [0, 0.05) is 38.7 Å². The Kier molecular flexibility index (Phi) is 4.22. The summed E-state index contributed by atoms with van der Waals surface area (Å²) in [6.07, 6.45) is 7.50. The summed E-state index contributed by atoms with van der Waals surface area (Å²) < 4.78 is 1.80. The molecule has 0 radical (unpaired) electrons. The Morgan fingerprint density at radius 2 is 2.30 bits per heavy atom. The van der Waals surface area contributed by atoms with Crippen molar-refractivity contribution in [3.8, 4) is 5.82 Å². The van der Waals surface area contributed by atoms with Crippen LogP contribution in [0.1, 0.15) is 12.0 Å². The van der Waals surface area contributed by atoms with E-state index in [4.69, 9.17) is 0 Å². The number of carbonyl (C=O) groups is 2. The Labute approximate surface area is 133 Å². The first-order valence-electron chi connectivity index (χ1n) is 7.36. The molecule has 1 aliphatic heterocycles. The zero-order chi connectivity index (χ0) is 16.2. The number of aromatic nitrogens is 3. The van der Waals surface area contributed by atoms with Crippen molar-refractivity contribution in [3.63, 3.8) is 0 Å². The van der Waals surface area contributed by atoms with Gasteiger partial charge in [-0.1, -0.05) is 6.07 Å². The zero-order valence-corrected chi connectivity index (χ0v) is 12.8. The molecule has 1 unspecified atom stereocenters. The van der Waals surface area contributed by atoms with Crippen molar-refractivity contribution in [2.24, 2.45) is 0 Å². The Morgan fingerprint density at radius 3 is 2.91 bits per heavy atom. The molecule has 0 aliphatic carbocycles. The van der Waals surface area contributed by atoms with E-state index in [2.05, 4.69) is 20.6 Å². The molecule has 0 bridgehead atoms. The smallest absolute Gasteiger partial charge is 0.315 e. The van der Waals surface area contributed by atoms with E-state index < -0.39 is 6.04 Å². The topological polar surface area (TPSA) is 92.2 Å². The average molecular weight is 314 g/mol. The van der Waals surface area contributed by atoms with Gasteiger partial charge in [0.1, 0.15) is 18.2 Å². The Balaban J connectivity index is 1.50. The molecule has 120 valence electrons. The van der Waals surface area contributed by atoms with Crippen LogP contribution in [0.15, 0.2) is 37.1 Å². The van der Waals surface area contributed by atoms with Crippen molar-refractivity contribution in [1.82, 2.24) is 30.1 Å². The largest absolute Gasteiger partial charge is 0.344 e. The van der Waals surface area contributed by atoms with Gasteiger partial charge in [0.25, 0.3) is 0 Å². The Hall–Kier alpha value is -2.90. The number of amides is 3. The van der Waals surface area contributed by atoms with Crippen molar-refractivity contribution in [1.29, 1.82) is 0 Å². The number of nitrogens with zero attached hydrogens (tertiary/aromatic N) is 4. The van der Waals surface area contributed by atoms with E-state index in [0.29, 0.717) is 19.5 Å². The summed E-state index contributed by atoms with van der Waals surface area (Å²) in [5, 5.41) is 5.42. The van der Waals surface area contributed by atoms with Crippen LogP contribution in [0.25, 0.3) is 5.82 Å². The number of imidazole rings is 1. The highest BCUT2D eigenvalue weighted by atomic mass is 16.2. The fourth-order valence-corrected chi connectivity index (χ4v) is 2.42. The van der Waals surface area contributed by atoms with Gasteiger partial charge in [-0.2, -0.15) is 0 Å². The highest BCUT2D eigenvalue weighted by Gasteiger charge is 2.29. The monoisotopic (exact) mass is 314 g/mol. The predicted octanol–water partition coefficient (Wildman–Crippen LogP) is 0.297. The molecule has 1 aliphatic rings. The maximum absolute atomic E-state index is 11.9. The molecule has 2 N–H and O–H groups in total. The van der Waals surface area contributed by atoms with E-state index in [0.717, 1.165) is 11.4 Å². The quantitative estimate of drug-likeness (QED) is 0.849. The molecule has 2 aromatic heterocycles. The lowest BCUT2D eigenvalue weighted by atomic mass is 10.2. The van der Waals surface area contributed by atoms with Crippen molar-refractivity contribution in [2.75, 3.05) is 13.6 Å². The molecule has 1 fully saturated rings. The summed E-state index contributed by atoms with van der Waals surface area (Å²) in [6, 6.07) is 2.96. The molecule has 1 saturated heterocycles. The van der Waals surface area contributed by atoms with Crippen molar-refractivity contribution in [3.05, 3.63) is 42.6 Å². The second kappa shape index (κ2) is 6.47. The number of rotatable bonds is 4. The highest BCUT2D eigenvalue weighted by molar-refractivity contribution is 5.88. The number of hydrogen-bond donors (Lipinski definition) is 2. The van der Waals surface area contributed by atoms with E-state index in [1.807, 2.05) is 18.3 Å². The number of nitrogens with one attached hydrogen (secondary N) is 2. The summed E-state index contributed by atoms with van der Waals surface area (Å²) in [5.74, 6) is 0.710. The minimum absolute atomic E-state index is 0.0495. The fourth-order valence-electron chi connectivity index (χ4n) is 2.42. The molecule has 3 amide bonds. The van der Waals surface area contributed by atoms with Crippen LogP contribution in [-0.4, -0.2) is 51.0 Å². The number of carbonyl (C=O) groups excluding carboxylic acids is 2. The molecule has 2 aromatic rings. The van der Waals surface area contributed by atoms with Crippen LogP contribution in [0, 0.1) is 0 Å². The van der Waals surface area contributed by atoms with Crippen LogP contribution < -0.4 is 10.6 Å². The van der Waals surface area contributed by atoms with Crippen LogP contribution in [0.4, 0.5) is 4.79 Å². The van der Waals surface area contributed by atoms with Gasteiger partial charge in [0.2, 0.25) is 5.91 Å².